The number of aliphatic hydroxyl groups is 1. The molecule has 2 aliphatic heterocycles. The minimum absolute atomic E-state index is 0.0227. The van der Waals surface area contributed by atoms with Crippen LogP contribution >= 0.6 is 11.6 Å². The zero-order chi connectivity index (χ0) is 24.7. The van der Waals surface area contributed by atoms with Crippen molar-refractivity contribution in [2.75, 3.05) is 49.6 Å². The smallest absolute Gasteiger partial charge is 0.389 e. The average molecular weight is 512 g/mol. The van der Waals surface area contributed by atoms with Gasteiger partial charge in [0.15, 0.2) is 0 Å². The Balaban J connectivity index is 1.32. The first kappa shape index (κ1) is 24.0. The first-order chi connectivity index (χ1) is 16.7. The van der Waals surface area contributed by atoms with Gasteiger partial charge in [0.2, 0.25) is 5.95 Å². The molecule has 0 aliphatic carbocycles. The van der Waals surface area contributed by atoms with Crippen molar-refractivity contribution in [3.63, 3.8) is 0 Å². The molecule has 35 heavy (non-hydrogen) atoms. The van der Waals surface area contributed by atoms with Crippen LogP contribution in [0.4, 0.5) is 30.5 Å². The number of aromatic nitrogens is 4. The zero-order valence-electron chi connectivity index (χ0n) is 19.0. The lowest BCUT2D eigenvalue weighted by Gasteiger charge is -2.39. The lowest BCUT2D eigenvalue weighted by atomic mass is 10.1. The molecule has 2 fully saturated rings. The van der Waals surface area contributed by atoms with Crippen molar-refractivity contribution in [1.29, 1.82) is 0 Å². The molecular weight excluding hydrogens is 487 g/mol. The molecule has 0 bridgehead atoms. The van der Waals surface area contributed by atoms with Crippen molar-refractivity contribution in [3.8, 4) is 0 Å². The summed E-state index contributed by atoms with van der Waals surface area (Å²) in [4.78, 5) is 13.3. The number of benzene rings is 1. The van der Waals surface area contributed by atoms with Crippen molar-refractivity contribution >= 4 is 39.8 Å². The van der Waals surface area contributed by atoms with Gasteiger partial charge in [-0.05, 0) is 19.1 Å². The standard InChI is InChI=1S/C22H25ClF3N7O2/c1-13-17(9-28-33(13)12-22(24,25)26)30-21-27-8-14-6-15(23)18(7-16(14)29-21)31-2-4-32(5-3-31)19-10-35-11-20(19)34/h6-9,19-20,34H,2-5,10-12H2,1H3,(H,27,29,30). The molecule has 0 saturated carbocycles. The average Bonchev–Trinajstić information content (AvgIpc) is 3.38. The Morgan fingerprint density at radius 3 is 2.63 bits per heavy atom. The Bertz CT molecular complexity index is 1210. The number of ether oxygens (including phenoxy) is 1. The van der Waals surface area contributed by atoms with Gasteiger partial charge in [-0.25, -0.2) is 9.97 Å². The van der Waals surface area contributed by atoms with Crippen molar-refractivity contribution in [3.05, 3.63) is 35.2 Å². The number of nitrogens with zero attached hydrogens (tertiary/aromatic N) is 6. The fourth-order valence-electron chi connectivity index (χ4n) is 4.54. The largest absolute Gasteiger partial charge is 0.408 e. The van der Waals surface area contributed by atoms with E-state index in [1.54, 1.807) is 13.1 Å². The molecule has 2 atom stereocenters. The van der Waals surface area contributed by atoms with Gasteiger partial charge >= 0.3 is 6.18 Å². The molecule has 13 heteroatoms. The van der Waals surface area contributed by atoms with E-state index in [0.717, 1.165) is 41.9 Å². The van der Waals surface area contributed by atoms with Crippen LogP contribution in [0.1, 0.15) is 5.69 Å². The van der Waals surface area contributed by atoms with E-state index in [1.165, 1.54) is 6.20 Å². The monoisotopic (exact) mass is 511 g/mol. The fourth-order valence-corrected chi connectivity index (χ4v) is 4.83. The number of alkyl halides is 3. The lowest BCUT2D eigenvalue weighted by Crippen LogP contribution is -2.53. The maximum atomic E-state index is 12.7. The number of fused-ring (bicyclic) bond motifs is 1. The van der Waals surface area contributed by atoms with Crippen LogP contribution < -0.4 is 10.2 Å². The Morgan fingerprint density at radius 1 is 1.17 bits per heavy atom. The highest BCUT2D eigenvalue weighted by Gasteiger charge is 2.34. The summed E-state index contributed by atoms with van der Waals surface area (Å²) >= 11 is 6.58. The van der Waals surface area contributed by atoms with Gasteiger partial charge < -0.3 is 20.1 Å². The number of aliphatic hydroxyl groups excluding tert-OH is 1. The molecule has 2 saturated heterocycles. The van der Waals surface area contributed by atoms with Crippen molar-refractivity contribution in [2.45, 2.75) is 31.8 Å². The van der Waals surface area contributed by atoms with Crippen molar-refractivity contribution in [2.24, 2.45) is 0 Å². The molecular formula is C22H25ClF3N7O2. The zero-order valence-corrected chi connectivity index (χ0v) is 19.7. The number of anilines is 3. The predicted molar refractivity (Wildman–Crippen MR) is 125 cm³/mol. The number of nitrogens with one attached hydrogen (secondary N) is 1. The number of rotatable bonds is 5. The normalized spacial score (nSPS) is 21.7. The van der Waals surface area contributed by atoms with Crippen LogP contribution in [-0.4, -0.2) is 87.5 Å². The number of hydrogen-bond acceptors (Lipinski definition) is 8. The molecule has 0 spiro atoms. The molecule has 1 aromatic carbocycles. The summed E-state index contributed by atoms with van der Waals surface area (Å²) < 4.78 is 44.5. The molecule has 2 N–H and O–H groups in total. The number of piperazine rings is 1. The van der Waals surface area contributed by atoms with Crippen LogP contribution in [0, 0.1) is 6.92 Å². The fraction of sp³-hybridized carbons (Fsp3) is 0.500. The summed E-state index contributed by atoms with van der Waals surface area (Å²) in [6, 6.07) is 3.73. The summed E-state index contributed by atoms with van der Waals surface area (Å²) in [5.74, 6) is 0.250. The molecule has 5 rings (SSSR count). The van der Waals surface area contributed by atoms with Gasteiger partial charge in [0, 0.05) is 37.8 Å². The summed E-state index contributed by atoms with van der Waals surface area (Å²) in [6.45, 7) is 4.33. The minimum atomic E-state index is -4.36. The number of halogens is 4. The van der Waals surface area contributed by atoms with Crippen LogP contribution in [0.2, 0.25) is 5.02 Å². The summed E-state index contributed by atoms with van der Waals surface area (Å²) in [5.41, 5.74) is 2.24. The first-order valence-electron chi connectivity index (χ1n) is 11.3. The van der Waals surface area contributed by atoms with Gasteiger partial charge in [-0.2, -0.15) is 18.3 Å². The molecule has 0 amide bonds. The molecule has 2 unspecified atom stereocenters. The van der Waals surface area contributed by atoms with Gasteiger partial charge in [0.05, 0.1) is 59.2 Å². The third kappa shape index (κ3) is 5.15. The number of hydrogen-bond donors (Lipinski definition) is 2. The second kappa shape index (κ2) is 9.41. The van der Waals surface area contributed by atoms with Gasteiger partial charge in [0.1, 0.15) is 6.54 Å². The van der Waals surface area contributed by atoms with E-state index in [2.05, 4.69) is 30.2 Å². The molecule has 0 radical (unpaired) electrons. The van der Waals surface area contributed by atoms with Crippen LogP contribution in [0.5, 0.6) is 0 Å². The quantitative estimate of drug-likeness (QED) is 0.540. The summed E-state index contributed by atoms with van der Waals surface area (Å²) in [7, 11) is 0. The Morgan fingerprint density at radius 2 is 1.94 bits per heavy atom. The van der Waals surface area contributed by atoms with Gasteiger partial charge in [-0.15, -0.1) is 0 Å². The summed E-state index contributed by atoms with van der Waals surface area (Å²) in [6.07, 6.45) is -1.87. The van der Waals surface area contributed by atoms with E-state index in [9.17, 15) is 18.3 Å². The Kier molecular flexibility index (Phi) is 6.47. The molecule has 188 valence electrons. The minimum Gasteiger partial charge on any atom is -0.389 e. The third-order valence-corrected chi connectivity index (χ3v) is 6.78. The Labute approximate surface area is 204 Å². The van der Waals surface area contributed by atoms with Crippen LogP contribution in [0.15, 0.2) is 24.5 Å². The van der Waals surface area contributed by atoms with Crippen molar-refractivity contribution < 1.29 is 23.0 Å². The predicted octanol–water partition coefficient (Wildman–Crippen LogP) is 2.98. The maximum Gasteiger partial charge on any atom is 0.408 e. The maximum absolute atomic E-state index is 12.7. The van der Waals surface area contributed by atoms with E-state index in [1.807, 2.05) is 12.1 Å². The van der Waals surface area contributed by atoms with E-state index >= 15 is 0 Å². The second-order valence-electron chi connectivity index (χ2n) is 8.79. The second-order valence-corrected chi connectivity index (χ2v) is 9.20. The molecule has 2 aromatic heterocycles. The molecule has 3 aromatic rings. The van der Waals surface area contributed by atoms with Crippen LogP contribution in [0.25, 0.3) is 10.9 Å². The van der Waals surface area contributed by atoms with Gasteiger partial charge in [0.25, 0.3) is 0 Å². The van der Waals surface area contributed by atoms with Crippen molar-refractivity contribution in [1.82, 2.24) is 24.6 Å². The highest BCUT2D eigenvalue weighted by molar-refractivity contribution is 6.34. The van der Waals surface area contributed by atoms with Crippen LogP contribution in [-0.2, 0) is 11.3 Å². The lowest BCUT2D eigenvalue weighted by molar-refractivity contribution is -0.142. The first-order valence-corrected chi connectivity index (χ1v) is 11.6. The van der Waals surface area contributed by atoms with E-state index in [4.69, 9.17) is 16.3 Å². The van der Waals surface area contributed by atoms with E-state index in [-0.39, 0.29) is 12.0 Å². The van der Waals surface area contributed by atoms with Gasteiger partial charge in [-0.1, -0.05) is 11.6 Å². The van der Waals surface area contributed by atoms with E-state index in [0.29, 0.717) is 35.1 Å². The molecule has 9 nitrogen and oxygen atoms in total. The Hall–Kier alpha value is -2.67. The molecule has 4 heterocycles. The van der Waals surface area contributed by atoms with Gasteiger partial charge in [-0.3, -0.25) is 9.58 Å². The topological polar surface area (TPSA) is 91.6 Å². The highest BCUT2D eigenvalue weighted by atomic mass is 35.5. The van der Waals surface area contributed by atoms with E-state index < -0.39 is 18.8 Å². The highest BCUT2D eigenvalue weighted by Crippen LogP contribution is 2.32. The molecule has 2 aliphatic rings. The van der Waals surface area contributed by atoms with Crippen LogP contribution in [0.3, 0.4) is 0 Å². The SMILES string of the molecule is Cc1c(Nc2ncc3cc(Cl)c(N4CCN(C5COCC5O)CC4)cc3n2)cnn1CC(F)(F)F. The third-order valence-electron chi connectivity index (χ3n) is 6.47. The summed E-state index contributed by atoms with van der Waals surface area (Å²) in [5, 5.41) is 18.2.